The summed E-state index contributed by atoms with van der Waals surface area (Å²) in [6.07, 6.45) is 4.94. The second-order valence-corrected chi connectivity index (χ2v) is 5.98. The van der Waals surface area contributed by atoms with Crippen LogP contribution in [0.2, 0.25) is 0 Å². The van der Waals surface area contributed by atoms with E-state index in [1.54, 1.807) is 0 Å². The molecule has 2 aromatic rings. The molecule has 106 valence electrons. The van der Waals surface area contributed by atoms with Crippen molar-refractivity contribution in [1.82, 2.24) is 10.3 Å². The summed E-state index contributed by atoms with van der Waals surface area (Å²) in [6.45, 7) is 7.45. The number of nitrogens with zero attached hydrogens (tertiary/aromatic N) is 1. The van der Waals surface area contributed by atoms with Gasteiger partial charge in [-0.25, -0.2) is 0 Å². The van der Waals surface area contributed by atoms with Crippen LogP contribution in [0, 0.1) is 13.8 Å². The smallest absolute Gasteiger partial charge is 0.0594 e. The number of halogens is 1. The molecule has 3 heteroatoms. The van der Waals surface area contributed by atoms with Gasteiger partial charge in [0.2, 0.25) is 0 Å². The first-order valence-corrected chi connectivity index (χ1v) is 7.82. The summed E-state index contributed by atoms with van der Waals surface area (Å²) in [6, 6.07) is 8.81. The van der Waals surface area contributed by atoms with E-state index < -0.39 is 0 Å². The molecule has 0 aliphatic heterocycles. The summed E-state index contributed by atoms with van der Waals surface area (Å²) < 4.78 is 1.15. The molecule has 2 rings (SSSR count). The Morgan fingerprint density at radius 2 is 2.00 bits per heavy atom. The second kappa shape index (κ2) is 7.00. The van der Waals surface area contributed by atoms with Gasteiger partial charge >= 0.3 is 0 Å². The number of rotatable bonds is 5. The maximum Gasteiger partial charge on any atom is 0.0594 e. The maximum absolute atomic E-state index is 4.29. The molecule has 0 radical (unpaired) electrons. The molecule has 1 atom stereocenters. The van der Waals surface area contributed by atoms with Gasteiger partial charge in [0.1, 0.15) is 0 Å². The molecule has 0 aliphatic carbocycles. The summed E-state index contributed by atoms with van der Waals surface area (Å²) in [7, 11) is 0. The molecule has 0 fully saturated rings. The predicted molar refractivity (Wildman–Crippen MR) is 88.0 cm³/mol. The predicted octanol–water partition coefficient (Wildman–Crippen LogP) is 4.55. The molecule has 0 saturated heterocycles. The van der Waals surface area contributed by atoms with Crippen LogP contribution in [0.4, 0.5) is 0 Å². The van der Waals surface area contributed by atoms with Crippen LogP contribution in [-0.2, 0) is 0 Å². The second-order valence-electron chi connectivity index (χ2n) is 5.13. The number of nitrogens with one attached hydrogen (secondary N) is 1. The third-order valence-electron chi connectivity index (χ3n) is 3.50. The van der Waals surface area contributed by atoms with E-state index in [4.69, 9.17) is 0 Å². The zero-order valence-electron chi connectivity index (χ0n) is 12.3. The Kier molecular flexibility index (Phi) is 5.32. The Morgan fingerprint density at radius 3 is 2.65 bits per heavy atom. The maximum atomic E-state index is 4.29. The van der Waals surface area contributed by atoms with Gasteiger partial charge in [-0.15, -0.1) is 0 Å². The van der Waals surface area contributed by atoms with Gasteiger partial charge in [0, 0.05) is 16.9 Å². The molecule has 0 amide bonds. The van der Waals surface area contributed by atoms with Gasteiger partial charge in [-0.05, 0) is 61.2 Å². The van der Waals surface area contributed by atoms with Crippen LogP contribution in [-0.4, -0.2) is 11.5 Å². The Morgan fingerprint density at radius 1 is 1.20 bits per heavy atom. The number of pyridine rings is 1. The highest BCUT2D eigenvalue weighted by molar-refractivity contribution is 9.10. The summed E-state index contributed by atoms with van der Waals surface area (Å²) in [5.41, 5.74) is 5.07. The van der Waals surface area contributed by atoms with Crippen molar-refractivity contribution in [2.75, 3.05) is 6.54 Å². The molecule has 1 N–H and O–H groups in total. The van der Waals surface area contributed by atoms with Gasteiger partial charge < -0.3 is 5.32 Å². The molecule has 0 bridgehead atoms. The Hall–Kier alpha value is -1.19. The molecular weight excluding hydrogens is 312 g/mol. The number of aromatic nitrogens is 1. The molecule has 1 heterocycles. The highest BCUT2D eigenvalue weighted by Crippen LogP contribution is 2.27. The van der Waals surface area contributed by atoms with Crippen molar-refractivity contribution in [1.29, 1.82) is 0 Å². The summed E-state index contributed by atoms with van der Waals surface area (Å²) in [5.74, 6) is 0. The molecule has 1 aromatic heterocycles. The fourth-order valence-corrected chi connectivity index (χ4v) is 2.57. The van der Waals surface area contributed by atoms with Crippen LogP contribution in [0.1, 0.15) is 41.6 Å². The van der Waals surface area contributed by atoms with Crippen LogP contribution in [0.15, 0.2) is 41.1 Å². The molecule has 0 aliphatic rings. The van der Waals surface area contributed by atoms with E-state index in [1.165, 1.54) is 22.3 Å². The van der Waals surface area contributed by atoms with Gasteiger partial charge in [-0.1, -0.05) is 35.0 Å². The SMILES string of the molecule is CCCNC(c1ccc(Br)c(C)c1)c1cnccc1C. The normalized spacial score (nSPS) is 12.4. The summed E-state index contributed by atoms with van der Waals surface area (Å²) >= 11 is 3.57. The quantitative estimate of drug-likeness (QED) is 0.868. The zero-order valence-corrected chi connectivity index (χ0v) is 13.9. The largest absolute Gasteiger partial charge is 0.306 e. The van der Waals surface area contributed by atoms with E-state index in [0.29, 0.717) is 0 Å². The summed E-state index contributed by atoms with van der Waals surface area (Å²) in [5, 5.41) is 3.63. The molecule has 1 aromatic carbocycles. The van der Waals surface area contributed by atoms with Crippen molar-refractivity contribution in [3.05, 3.63) is 63.4 Å². The van der Waals surface area contributed by atoms with Crippen LogP contribution >= 0.6 is 15.9 Å². The lowest BCUT2D eigenvalue weighted by molar-refractivity contribution is 0.594. The minimum Gasteiger partial charge on any atom is -0.306 e. The molecule has 2 nitrogen and oxygen atoms in total. The minimum absolute atomic E-state index is 0.204. The molecule has 0 spiro atoms. The average molecular weight is 333 g/mol. The standard InChI is InChI=1S/C17H21BrN2/c1-4-8-20-17(15-11-19-9-7-12(15)2)14-5-6-16(18)13(3)10-14/h5-7,9-11,17,20H,4,8H2,1-3H3. The number of benzene rings is 1. The van der Waals surface area contributed by atoms with E-state index in [9.17, 15) is 0 Å². The first-order valence-electron chi connectivity index (χ1n) is 7.03. The van der Waals surface area contributed by atoms with Gasteiger partial charge in [0.25, 0.3) is 0 Å². The lowest BCUT2D eigenvalue weighted by Crippen LogP contribution is -2.24. The monoisotopic (exact) mass is 332 g/mol. The molecular formula is C17H21BrN2. The summed E-state index contributed by atoms with van der Waals surface area (Å²) in [4.78, 5) is 4.29. The van der Waals surface area contributed by atoms with Crippen molar-refractivity contribution in [2.24, 2.45) is 0 Å². The molecule has 1 unspecified atom stereocenters. The van der Waals surface area contributed by atoms with Crippen LogP contribution in [0.25, 0.3) is 0 Å². The minimum atomic E-state index is 0.204. The number of hydrogen-bond acceptors (Lipinski definition) is 2. The third kappa shape index (κ3) is 3.47. The fourth-order valence-electron chi connectivity index (χ4n) is 2.32. The Labute approximate surface area is 129 Å². The van der Waals surface area contributed by atoms with Crippen molar-refractivity contribution >= 4 is 15.9 Å². The zero-order chi connectivity index (χ0) is 14.5. The molecule has 0 saturated carbocycles. The topological polar surface area (TPSA) is 24.9 Å². The lowest BCUT2D eigenvalue weighted by Gasteiger charge is -2.21. The van der Waals surface area contributed by atoms with E-state index in [-0.39, 0.29) is 6.04 Å². The van der Waals surface area contributed by atoms with E-state index >= 15 is 0 Å². The third-order valence-corrected chi connectivity index (χ3v) is 4.39. The Bertz CT molecular complexity index is 581. The van der Waals surface area contributed by atoms with E-state index in [1.807, 2.05) is 12.4 Å². The highest BCUT2D eigenvalue weighted by atomic mass is 79.9. The van der Waals surface area contributed by atoms with Crippen LogP contribution in [0.5, 0.6) is 0 Å². The van der Waals surface area contributed by atoms with E-state index in [0.717, 1.165) is 17.4 Å². The van der Waals surface area contributed by atoms with Gasteiger partial charge in [-0.3, -0.25) is 4.98 Å². The van der Waals surface area contributed by atoms with Gasteiger partial charge in [0.15, 0.2) is 0 Å². The first kappa shape index (κ1) is 15.2. The van der Waals surface area contributed by atoms with Crippen molar-refractivity contribution in [3.8, 4) is 0 Å². The van der Waals surface area contributed by atoms with E-state index in [2.05, 4.69) is 71.3 Å². The number of aryl methyl sites for hydroxylation is 2. The number of hydrogen-bond donors (Lipinski definition) is 1. The van der Waals surface area contributed by atoms with Crippen LogP contribution in [0.3, 0.4) is 0 Å². The molecule has 20 heavy (non-hydrogen) atoms. The van der Waals surface area contributed by atoms with Crippen molar-refractivity contribution < 1.29 is 0 Å². The Balaban J connectivity index is 2.41. The van der Waals surface area contributed by atoms with Gasteiger partial charge in [0.05, 0.1) is 6.04 Å². The van der Waals surface area contributed by atoms with Gasteiger partial charge in [-0.2, -0.15) is 0 Å². The first-order chi connectivity index (χ1) is 9.63. The van der Waals surface area contributed by atoms with Crippen molar-refractivity contribution in [3.63, 3.8) is 0 Å². The highest BCUT2D eigenvalue weighted by Gasteiger charge is 2.16. The average Bonchev–Trinajstić information content (AvgIpc) is 2.44. The van der Waals surface area contributed by atoms with Crippen LogP contribution < -0.4 is 5.32 Å². The van der Waals surface area contributed by atoms with Crippen molar-refractivity contribution in [2.45, 2.75) is 33.2 Å². The fraction of sp³-hybridized carbons (Fsp3) is 0.353. The lowest BCUT2D eigenvalue weighted by atomic mass is 9.95.